The van der Waals surface area contributed by atoms with E-state index >= 15 is 0 Å². The highest BCUT2D eigenvalue weighted by Gasteiger charge is 2.30. The number of hydrogen-bond acceptors (Lipinski definition) is 6. The van der Waals surface area contributed by atoms with Crippen molar-refractivity contribution in [1.29, 1.82) is 0 Å². The molecule has 0 radical (unpaired) electrons. The summed E-state index contributed by atoms with van der Waals surface area (Å²) in [6, 6.07) is 5.85. The fourth-order valence-electron chi connectivity index (χ4n) is 3.01. The van der Waals surface area contributed by atoms with Crippen LogP contribution in [0, 0.1) is 6.92 Å². The van der Waals surface area contributed by atoms with Crippen molar-refractivity contribution in [1.82, 2.24) is 24.8 Å². The van der Waals surface area contributed by atoms with E-state index < -0.39 is 0 Å². The third-order valence-electron chi connectivity index (χ3n) is 4.17. The molecule has 8 heteroatoms. The quantitative estimate of drug-likeness (QED) is 0.764. The van der Waals surface area contributed by atoms with Crippen LogP contribution < -0.4 is 5.32 Å². The van der Waals surface area contributed by atoms with Crippen LogP contribution in [0.1, 0.15) is 36.4 Å². The maximum atomic E-state index is 6.24. The van der Waals surface area contributed by atoms with Gasteiger partial charge in [-0.1, -0.05) is 22.8 Å². The summed E-state index contributed by atoms with van der Waals surface area (Å²) in [5.74, 6) is 1.21. The first-order valence-corrected chi connectivity index (χ1v) is 8.36. The molecule has 3 aromatic rings. The van der Waals surface area contributed by atoms with E-state index in [1.165, 1.54) is 0 Å². The van der Waals surface area contributed by atoms with E-state index in [0.29, 0.717) is 23.4 Å². The van der Waals surface area contributed by atoms with Gasteiger partial charge in [-0.2, -0.15) is 4.98 Å². The lowest BCUT2D eigenvalue weighted by Gasteiger charge is -2.12. The van der Waals surface area contributed by atoms with Crippen molar-refractivity contribution < 1.29 is 9.26 Å². The van der Waals surface area contributed by atoms with Gasteiger partial charge in [0.25, 0.3) is 5.89 Å². The van der Waals surface area contributed by atoms with Crippen molar-refractivity contribution in [2.45, 2.75) is 38.5 Å². The van der Waals surface area contributed by atoms with Gasteiger partial charge in [-0.05, 0) is 31.9 Å². The van der Waals surface area contributed by atoms with Gasteiger partial charge in [-0.25, -0.2) is 4.98 Å². The predicted molar refractivity (Wildman–Crippen MR) is 87.8 cm³/mol. The molecular formula is C16H18ClN5O2. The first-order chi connectivity index (χ1) is 11.7. The van der Waals surface area contributed by atoms with Crippen molar-refractivity contribution in [2.75, 3.05) is 6.54 Å². The average molecular weight is 348 g/mol. The summed E-state index contributed by atoms with van der Waals surface area (Å²) in [5.41, 5.74) is 1.80. The second-order valence-electron chi connectivity index (χ2n) is 5.91. The monoisotopic (exact) mass is 347 g/mol. The minimum absolute atomic E-state index is 0.0996. The van der Waals surface area contributed by atoms with E-state index in [1.807, 2.05) is 28.8 Å². The van der Waals surface area contributed by atoms with Gasteiger partial charge in [-0.3, -0.25) is 0 Å². The number of rotatable bonds is 5. The van der Waals surface area contributed by atoms with Gasteiger partial charge in [-0.15, -0.1) is 0 Å². The molecule has 2 atom stereocenters. The Morgan fingerprint density at radius 1 is 1.33 bits per heavy atom. The van der Waals surface area contributed by atoms with Crippen LogP contribution in [0.5, 0.6) is 0 Å². The van der Waals surface area contributed by atoms with Crippen LogP contribution in [-0.2, 0) is 11.3 Å². The third-order valence-corrected chi connectivity index (χ3v) is 4.47. The Bertz CT molecular complexity index is 846. The zero-order valence-electron chi connectivity index (χ0n) is 13.3. The number of nitrogens with one attached hydrogen (secondary N) is 1. The van der Waals surface area contributed by atoms with E-state index in [0.717, 1.165) is 30.7 Å². The third kappa shape index (κ3) is 3.02. The predicted octanol–water partition coefficient (Wildman–Crippen LogP) is 2.69. The van der Waals surface area contributed by atoms with Crippen molar-refractivity contribution >= 4 is 17.2 Å². The van der Waals surface area contributed by atoms with Gasteiger partial charge in [0.2, 0.25) is 0 Å². The van der Waals surface area contributed by atoms with Crippen molar-refractivity contribution in [3.05, 3.63) is 47.0 Å². The normalized spacial score (nSPS) is 20.9. The van der Waals surface area contributed by atoms with Gasteiger partial charge in [0.1, 0.15) is 11.8 Å². The van der Waals surface area contributed by atoms with Gasteiger partial charge in [0.15, 0.2) is 11.0 Å². The van der Waals surface area contributed by atoms with Crippen LogP contribution in [0.3, 0.4) is 0 Å². The van der Waals surface area contributed by atoms with Crippen LogP contribution in [0.4, 0.5) is 0 Å². The lowest BCUT2D eigenvalue weighted by Crippen LogP contribution is -2.26. The average Bonchev–Trinajstić information content (AvgIpc) is 3.27. The first kappa shape index (κ1) is 15.6. The Morgan fingerprint density at radius 2 is 2.25 bits per heavy atom. The molecular weight excluding hydrogens is 330 g/mol. The largest absolute Gasteiger partial charge is 0.364 e. The van der Waals surface area contributed by atoms with Crippen LogP contribution in [-0.4, -0.2) is 32.2 Å². The van der Waals surface area contributed by atoms with Crippen LogP contribution in [0.15, 0.2) is 28.9 Å². The molecule has 0 unspecified atom stereocenters. The van der Waals surface area contributed by atoms with E-state index in [9.17, 15) is 0 Å². The topological polar surface area (TPSA) is 77.5 Å². The maximum absolute atomic E-state index is 6.24. The number of aromatic nitrogens is 4. The van der Waals surface area contributed by atoms with Crippen molar-refractivity contribution in [3.8, 4) is 0 Å². The second kappa shape index (κ2) is 6.51. The number of halogens is 1. The van der Waals surface area contributed by atoms with E-state index in [2.05, 4.69) is 20.4 Å². The molecule has 0 aromatic carbocycles. The molecule has 1 N–H and O–H groups in total. The molecule has 1 fully saturated rings. The fraction of sp³-hybridized carbons (Fsp3) is 0.438. The second-order valence-corrected chi connectivity index (χ2v) is 6.27. The summed E-state index contributed by atoms with van der Waals surface area (Å²) in [5, 5.41) is 7.75. The molecule has 1 saturated heterocycles. The zero-order chi connectivity index (χ0) is 16.5. The maximum Gasteiger partial charge on any atom is 0.255 e. The lowest BCUT2D eigenvalue weighted by molar-refractivity contribution is 0.0263. The van der Waals surface area contributed by atoms with Crippen LogP contribution >= 0.6 is 11.6 Å². The SMILES string of the molecule is Cc1noc([C@@H]2CC[C@H](CNCc3c(Cl)nc4ccccn34)O2)n1. The number of aryl methyl sites for hydroxylation is 1. The smallest absolute Gasteiger partial charge is 0.255 e. The molecule has 0 spiro atoms. The highest BCUT2D eigenvalue weighted by atomic mass is 35.5. The number of nitrogens with zero attached hydrogens (tertiary/aromatic N) is 4. The molecule has 0 saturated carbocycles. The van der Waals surface area contributed by atoms with Crippen LogP contribution in [0.25, 0.3) is 5.65 Å². The highest BCUT2D eigenvalue weighted by Crippen LogP contribution is 2.31. The standard InChI is InChI=1S/C16H18ClN5O2/c1-10-19-16(24-21-10)13-6-5-11(23-13)8-18-9-12-15(17)20-14-4-2-3-7-22(12)14/h2-4,7,11,13,18H,5-6,8-9H2,1H3/t11-,13+/m1/s1. The molecule has 126 valence electrons. The zero-order valence-corrected chi connectivity index (χ0v) is 14.0. The molecule has 4 rings (SSSR count). The van der Waals surface area contributed by atoms with E-state index in [-0.39, 0.29) is 12.2 Å². The summed E-state index contributed by atoms with van der Waals surface area (Å²) in [6.07, 6.45) is 3.84. The van der Waals surface area contributed by atoms with Gasteiger partial charge in [0, 0.05) is 19.3 Å². The number of pyridine rings is 1. The Balaban J connectivity index is 1.34. The molecule has 3 aromatic heterocycles. The first-order valence-electron chi connectivity index (χ1n) is 7.98. The minimum Gasteiger partial charge on any atom is -0.364 e. The fourth-order valence-corrected chi connectivity index (χ4v) is 3.25. The summed E-state index contributed by atoms with van der Waals surface area (Å²) in [4.78, 5) is 8.59. The summed E-state index contributed by atoms with van der Waals surface area (Å²) >= 11 is 6.24. The molecule has 24 heavy (non-hydrogen) atoms. The lowest BCUT2D eigenvalue weighted by atomic mass is 10.2. The Labute approximate surface area is 144 Å². The van der Waals surface area contributed by atoms with Gasteiger partial charge < -0.3 is 19.0 Å². The Hall–Kier alpha value is -1.96. The molecule has 1 aliphatic rings. The minimum atomic E-state index is -0.0996. The highest BCUT2D eigenvalue weighted by molar-refractivity contribution is 6.30. The van der Waals surface area contributed by atoms with Gasteiger partial charge in [0.05, 0.1) is 11.8 Å². The molecule has 0 aliphatic carbocycles. The Kier molecular flexibility index (Phi) is 4.22. The van der Waals surface area contributed by atoms with Crippen LogP contribution in [0.2, 0.25) is 5.15 Å². The molecule has 0 amide bonds. The van der Waals surface area contributed by atoms with E-state index in [4.69, 9.17) is 20.9 Å². The molecule has 1 aliphatic heterocycles. The summed E-state index contributed by atoms with van der Waals surface area (Å²) in [7, 11) is 0. The van der Waals surface area contributed by atoms with Gasteiger partial charge >= 0.3 is 0 Å². The number of hydrogen-bond donors (Lipinski definition) is 1. The van der Waals surface area contributed by atoms with Crippen molar-refractivity contribution in [2.24, 2.45) is 0 Å². The summed E-state index contributed by atoms with van der Waals surface area (Å²) < 4.78 is 13.2. The molecule has 7 nitrogen and oxygen atoms in total. The Morgan fingerprint density at radius 3 is 3.08 bits per heavy atom. The number of ether oxygens (including phenoxy) is 1. The summed E-state index contributed by atoms with van der Waals surface area (Å²) in [6.45, 7) is 3.18. The van der Waals surface area contributed by atoms with Crippen molar-refractivity contribution in [3.63, 3.8) is 0 Å². The van der Waals surface area contributed by atoms with E-state index in [1.54, 1.807) is 6.92 Å². The number of fused-ring (bicyclic) bond motifs is 1. The molecule has 0 bridgehead atoms. The number of imidazole rings is 1. The molecule has 4 heterocycles.